The molecule has 0 spiro atoms. The second-order valence-corrected chi connectivity index (χ2v) is 6.11. The highest BCUT2D eigenvalue weighted by molar-refractivity contribution is 5.59. The van der Waals surface area contributed by atoms with Gasteiger partial charge in [0.05, 0.1) is 17.0 Å². The summed E-state index contributed by atoms with van der Waals surface area (Å²) in [5.74, 6) is -0.0414. The molecule has 0 aliphatic carbocycles. The minimum Gasteiger partial charge on any atom is -0.308 e. The molecule has 130 valence electrons. The van der Waals surface area contributed by atoms with Crippen molar-refractivity contribution in [2.75, 3.05) is 0 Å². The van der Waals surface area contributed by atoms with Crippen LogP contribution in [0.25, 0.3) is 11.3 Å². The summed E-state index contributed by atoms with van der Waals surface area (Å²) < 4.78 is 51.7. The summed E-state index contributed by atoms with van der Waals surface area (Å²) in [6.45, 7) is 6.38. The number of rotatable bonds is 5. The highest BCUT2D eigenvalue weighted by Gasteiger charge is 2.30. The van der Waals surface area contributed by atoms with Crippen LogP contribution in [0.4, 0.5) is 17.6 Å². The van der Waals surface area contributed by atoms with Crippen molar-refractivity contribution >= 4 is 0 Å². The van der Waals surface area contributed by atoms with Crippen LogP contribution in [-0.2, 0) is 12.7 Å². The summed E-state index contributed by atoms with van der Waals surface area (Å²) in [4.78, 5) is 4.25. The van der Waals surface area contributed by atoms with Crippen LogP contribution in [0, 0.1) is 11.7 Å². The van der Waals surface area contributed by atoms with Gasteiger partial charge >= 0.3 is 6.18 Å². The third kappa shape index (κ3) is 4.54. The highest BCUT2D eigenvalue weighted by Crippen LogP contribution is 2.30. The normalized spacial score (nSPS) is 13.3. The summed E-state index contributed by atoms with van der Waals surface area (Å²) in [6, 6.07) is 7.64. The lowest BCUT2D eigenvalue weighted by molar-refractivity contribution is -0.137. The lowest BCUT2D eigenvalue weighted by atomic mass is 10.1. The van der Waals surface area contributed by atoms with Gasteiger partial charge in [0.2, 0.25) is 0 Å². The molecule has 2 aromatic rings. The Morgan fingerprint density at radius 3 is 2.17 bits per heavy atom. The molecule has 1 aromatic carbocycles. The van der Waals surface area contributed by atoms with Crippen molar-refractivity contribution in [1.82, 2.24) is 10.3 Å². The van der Waals surface area contributed by atoms with E-state index in [4.69, 9.17) is 0 Å². The van der Waals surface area contributed by atoms with Gasteiger partial charge in [-0.1, -0.05) is 26.0 Å². The van der Waals surface area contributed by atoms with Crippen molar-refractivity contribution in [1.29, 1.82) is 0 Å². The number of hydrogen-bond donors (Lipinski definition) is 1. The number of hydrogen-bond acceptors (Lipinski definition) is 2. The first-order valence-corrected chi connectivity index (χ1v) is 7.75. The van der Waals surface area contributed by atoms with E-state index in [1.165, 1.54) is 24.3 Å². The Labute approximate surface area is 138 Å². The summed E-state index contributed by atoms with van der Waals surface area (Å²) >= 11 is 0. The second-order valence-electron chi connectivity index (χ2n) is 6.11. The van der Waals surface area contributed by atoms with Crippen LogP contribution in [-0.4, -0.2) is 11.0 Å². The molecule has 24 heavy (non-hydrogen) atoms. The summed E-state index contributed by atoms with van der Waals surface area (Å²) in [7, 11) is 0. The van der Waals surface area contributed by atoms with E-state index in [0.29, 0.717) is 17.2 Å². The largest absolute Gasteiger partial charge is 0.416 e. The maximum absolute atomic E-state index is 13.9. The smallest absolute Gasteiger partial charge is 0.308 e. The fourth-order valence-corrected chi connectivity index (χ4v) is 2.09. The zero-order valence-corrected chi connectivity index (χ0v) is 13.8. The summed E-state index contributed by atoms with van der Waals surface area (Å²) in [5.41, 5.74) is 0.487. The maximum Gasteiger partial charge on any atom is 0.416 e. The molecule has 6 heteroatoms. The van der Waals surface area contributed by atoms with Gasteiger partial charge in [-0.25, -0.2) is 9.37 Å². The van der Waals surface area contributed by atoms with Crippen LogP contribution >= 0.6 is 0 Å². The second kappa shape index (κ2) is 7.30. The molecule has 1 heterocycles. The van der Waals surface area contributed by atoms with Gasteiger partial charge in [-0.2, -0.15) is 13.2 Å². The molecule has 0 radical (unpaired) electrons. The number of benzene rings is 1. The third-order valence-electron chi connectivity index (χ3n) is 4.02. The number of halogens is 4. The number of alkyl halides is 3. The van der Waals surface area contributed by atoms with E-state index < -0.39 is 17.6 Å². The lowest BCUT2D eigenvalue weighted by Gasteiger charge is -2.17. The van der Waals surface area contributed by atoms with Crippen LogP contribution in [0.15, 0.2) is 36.4 Å². The number of nitrogens with zero attached hydrogens (tertiary/aromatic N) is 1. The molecule has 0 aliphatic rings. The van der Waals surface area contributed by atoms with E-state index in [2.05, 4.69) is 24.1 Å². The van der Waals surface area contributed by atoms with Gasteiger partial charge in [-0.3, -0.25) is 0 Å². The number of aromatic nitrogens is 1. The van der Waals surface area contributed by atoms with Gasteiger partial charge in [-0.15, -0.1) is 0 Å². The molecule has 0 bridgehead atoms. The van der Waals surface area contributed by atoms with E-state index in [-0.39, 0.29) is 18.3 Å². The van der Waals surface area contributed by atoms with Crippen molar-refractivity contribution in [3.05, 3.63) is 53.5 Å². The third-order valence-corrected chi connectivity index (χ3v) is 4.02. The van der Waals surface area contributed by atoms with Gasteiger partial charge in [0.1, 0.15) is 5.82 Å². The Morgan fingerprint density at radius 1 is 1.00 bits per heavy atom. The Kier molecular flexibility index (Phi) is 5.59. The fourth-order valence-electron chi connectivity index (χ4n) is 2.09. The molecule has 0 fully saturated rings. The van der Waals surface area contributed by atoms with Gasteiger partial charge < -0.3 is 5.32 Å². The number of nitrogens with one attached hydrogen (secondary N) is 1. The molecular weight excluding hydrogens is 320 g/mol. The molecule has 0 saturated carbocycles. The van der Waals surface area contributed by atoms with Crippen LogP contribution in [0.2, 0.25) is 0 Å². The average Bonchev–Trinajstić information content (AvgIpc) is 2.53. The number of pyridine rings is 1. The van der Waals surface area contributed by atoms with E-state index >= 15 is 0 Å². The van der Waals surface area contributed by atoms with Crippen molar-refractivity contribution in [3.63, 3.8) is 0 Å². The molecule has 0 unspecified atom stereocenters. The van der Waals surface area contributed by atoms with Crippen molar-refractivity contribution in [2.45, 2.75) is 39.5 Å². The van der Waals surface area contributed by atoms with Crippen LogP contribution in [0.1, 0.15) is 32.0 Å². The monoisotopic (exact) mass is 340 g/mol. The molecule has 2 nitrogen and oxygen atoms in total. The van der Waals surface area contributed by atoms with Crippen molar-refractivity contribution in [3.8, 4) is 11.3 Å². The Bertz CT molecular complexity index is 678. The van der Waals surface area contributed by atoms with Gasteiger partial charge in [0, 0.05) is 18.2 Å². The minimum absolute atomic E-state index is 0.195. The highest BCUT2D eigenvalue weighted by atomic mass is 19.4. The topological polar surface area (TPSA) is 24.9 Å². The first kappa shape index (κ1) is 18.4. The van der Waals surface area contributed by atoms with E-state index in [1.807, 2.05) is 6.92 Å². The Balaban J connectivity index is 2.21. The molecule has 0 amide bonds. The van der Waals surface area contributed by atoms with Gasteiger partial charge in [-0.05, 0) is 37.1 Å². The standard InChI is InChI=1S/C18H20F4N2/c1-11(2)12(3)23-10-17-15(19)8-9-16(24-17)13-4-6-14(7-5-13)18(20,21)22/h4-9,11-12,23H,10H2,1-3H3/t12-/m1/s1. The molecule has 0 aliphatic heterocycles. The zero-order valence-electron chi connectivity index (χ0n) is 13.8. The van der Waals surface area contributed by atoms with Gasteiger partial charge in [0.25, 0.3) is 0 Å². The quantitative estimate of drug-likeness (QED) is 0.771. The van der Waals surface area contributed by atoms with E-state index in [9.17, 15) is 17.6 Å². The maximum atomic E-state index is 13.9. The first-order valence-electron chi connectivity index (χ1n) is 7.75. The van der Waals surface area contributed by atoms with E-state index in [1.54, 1.807) is 0 Å². The Hall–Kier alpha value is -1.95. The Morgan fingerprint density at radius 2 is 1.62 bits per heavy atom. The lowest BCUT2D eigenvalue weighted by Crippen LogP contribution is -2.30. The van der Waals surface area contributed by atoms with Crippen molar-refractivity contribution in [2.24, 2.45) is 5.92 Å². The molecule has 1 aromatic heterocycles. The SMILES string of the molecule is CC(C)[C@@H](C)NCc1nc(-c2ccc(C(F)(F)F)cc2)ccc1F. The molecule has 1 N–H and O–H groups in total. The summed E-state index contributed by atoms with van der Waals surface area (Å²) in [6.07, 6.45) is -4.38. The minimum atomic E-state index is -4.38. The fraction of sp³-hybridized carbons (Fsp3) is 0.389. The van der Waals surface area contributed by atoms with Crippen LogP contribution in [0.5, 0.6) is 0 Å². The van der Waals surface area contributed by atoms with E-state index in [0.717, 1.165) is 12.1 Å². The van der Waals surface area contributed by atoms with Crippen molar-refractivity contribution < 1.29 is 17.6 Å². The average molecular weight is 340 g/mol. The predicted molar refractivity (Wildman–Crippen MR) is 85.8 cm³/mol. The van der Waals surface area contributed by atoms with Crippen LogP contribution in [0.3, 0.4) is 0 Å². The first-order chi connectivity index (χ1) is 11.2. The predicted octanol–water partition coefficient (Wildman–Crippen LogP) is 5.04. The zero-order chi connectivity index (χ0) is 17.9. The molecule has 1 atom stereocenters. The molecular formula is C18H20F4N2. The van der Waals surface area contributed by atoms with Gasteiger partial charge in [0.15, 0.2) is 0 Å². The summed E-state index contributed by atoms with van der Waals surface area (Å²) in [5, 5.41) is 3.20. The molecule has 0 saturated heterocycles. The molecule has 2 rings (SSSR count). The van der Waals surface area contributed by atoms with Crippen LogP contribution < -0.4 is 5.32 Å².